The summed E-state index contributed by atoms with van der Waals surface area (Å²) in [6, 6.07) is 0. The fourth-order valence-corrected chi connectivity index (χ4v) is 0.236. The van der Waals surface area contributed by atoms with Gasteiger partial charge in [0.15, 0.2) is 0 Å². The van der Waals surface area contributed by atoms with Gasteiger partial charge < -0.3 is 29.3 Å². The van der Waals surface area contributed by atoms with Gasteiger partial charge in [0, 0.05) is 14.2 Å². The number of ether oxygens (including phenoxy) is 2. The van der Waals surface area contributed by atoms with Crippen LogP contribution in [0.1, 0.15) is 0 Å². The van der Waals surface area contributed by atoms with E-state index in [9.17, 15) is 19.8 Å². The Labute approximate surface area is 96.0 Å². The molecule has 0 aliphatic rings. The van der Waals surface area contributed by atoms with Crippen LogP contribution < -0.4 is 10.2 Å². The topological polar surface area (TPSA) is 98.7 Å². The van der Waals surface area contributed by atoms with E-state index in [1.165, 1.54) is 14.2 Å². The van der Waals surface area contributed by atoms with Gasteiger partial charge in [-0.05, 0) is 0 Å². The average Bonchev–Trinajstić information content (AvgIpc) is 1.87. The summed E-state index contributed by atoms with van der Waals surface area (Å²) in [5.74, 6) is -2.37. The monoisotopic (exact) mass is 386 g/mol. The number of aliphatic carboxylic acids is 2. The summed E-state index contributed by atoms with van der Waals surface area (Å²) in [5.41, 5.74) is 0. The quantitative estimate of drug-likeness (QED) is 0.464. The third-order valence-electron chi connectivity index (χ3n) is 0.524. The van der Waals surface area contributed by atoms with Crippen molar-refractivity contribution in [1.82, 2.24) is 0 Å². The predicted octanol–water partition coefficient (Wildman–Crippen LogP) is -3.62. The van der Waals surface area contributed by atoms with Gasteiger partial charge >= 0.3 is 27.3 Å². The molecule has 0 aromatic rings. The van der Waals surface area contributed by atoms with Crippen molar-refractivity contribution in [3.05, 3.63) is 0 Å². The molecule has 0 aliphatic carbocycles. The molecule has 2 radical (unpaired) electrons. The van der Waals surface area contributed by atoms with Crippen LogP contribution >= 0.6 is 0 Å². The summed E-state index contributed by atoms with van der Waals surface area (Å²) in [7, 11) is 2.60. The van der Waals surface area contributed by atoms with Gasteiger partial charge in [0.25, 0.3) is 0 Å². The molecule has 0 heterocycles. The number of methoxy groups -OCH3 is 2. The molecule has 7 heteroatoms. The van der Waals surface area contributed by atoms with Crippen LogP contribution in [0.25, 0.3) is 0 Å². The molecule has 0 fully saturated rings. The second-order valence-corrected chi connectivity index (χ2v) is 1.61. The molecule has 0 atom stereocenters. The van der Waals surface area contributed by atoms with E-state index in [0.717, 1.165) is 0 Å². The molecule has 6 nitrogen and oxygen atoms in total. The number of rotatable bonds is 4. The van der Waals surface area contributed by atoms with Crippen molar-refractivity contribution in [3.8, 4) is 0 Å². The van der Waals surface area contributed by atoms with Crippen molar-refractivity contribution >= 4 is 39.2 Å². The maximum Gasteiger partial charge on any atom is 2.00 e. The number of hydrogen-bond acceptors (Lipinski definition) is 6. The van der Waals surface area contributed by atoms with Gasteiger partial charge in [-0.25, -0.2) is 0 Å². The molecule has 0 aromatic carbocycles. The minimum absolute atomic E-state index is 0. The average molecular weight is 385 g/mol. The smallest absolute Gasteiger partial charge is 0.548 e. The van der Waals surface area contributed by atoms with Crippen LogP contribution in [0.5, 0.6) is 0 Å². The molecule has 0 aliphatic heterocycles. The van der Waals surface area contributed by atoms with Crippen LogP contribution in [-0.2, 0) is 19.1 Å². The molecule has 0 N–H and O–H groups in total. The molecule has 0 amide bonds. The maximum absolute atomic E-state index is 9.36. The summed E-state index contributed by atoms with van der Waals surface area (Å²) < 4.78 is 8.28. The van der Waals surface area contributed by atoms with E-state index in [1.54, 1.807) is 0 Å². The second-order valence-electron chi connectivity index (χ2n) is 1.61. The molecule has 0 saturated heterocycles. The Bertz CT molecular complexity index is 121. The number of carboxylic acid groups (broad SMARTS) is 2. The largest absolute Gasteiger partial charge is 2.00 e. The van der Waals surface area contributed by atoms with E-state index >= 15 is 0 Å². The van der Waals surface area contributed by atoms with Crippen molar-refractivity contribution in [2.45, 2.75) is 0 Å². The second kappa shape index (κ2) is 14.3. The van der Waals surface area contributed by atoms with Gasteiger partial charge in [-0.3, -0.25) is 0 Å². The fourth-order valence-electron chi connectivity index (χ4n) is 0.236. The first kappa shape index (κ1) is 18.5. The predicted molar refractivity (Wildman–Crippen MR) is 39.5 cm³/mol. The van der Waals surface area contributed by atoms with Gasteiger partial charge in [0.2, 0.25) is 0 Å². The van der Waals surface area contributed by atoms with Crippen molar-refractivity contribution < 1.29 is 29.3 Å². The Hall–Kier alpha value is -0.218. The van der Waals surface area contributed by atoms with E-state index in [1.807, 2.05) is 0 Å². The molecule has 13 heavy (non-hydrogen) atoms. The standard InChI is InChI=1S/2C3H6O3.Pb/c2*1-6-2-3(4)5;/h2*2H2,1H3,(H,4,5);/q;;+2/p-2. The Kier molecular flexibility index (Phi) is 20.4. The van der Waals surface area contributed by atoms with Crippen molar-refractivity contribution in [2.24, 2.45) is 0 Å². The number of carbonyl (C=O) groups is 2. The summed E-state index contributed by atoms with van der Waals surface area (Å²) in [4.78, 5) is 18.7. The van der Waals surface area contributed by atoms with Gasteiger partial charge in [-0.1, -0.05) is 0 Å². The van der Waals surface area contributed by atoms with E-state index < -0.39 is 11.9 Å². The van der Waals surface area contributed by atoms with Gasteiger partial charge in [-0.15, -0.1) is 0 Å². The molecular weight excluding hydrogens is 375 g/mol. The Balaban J connectivity index is -0.000000143. The zero-order chi connectivity index (χ0) is 9.98. The zero-order valence-corrected chi connectivity index (χ0v) is 11.3. The molecule has 0 aromatic heterocycles. The summed E-state index contributed by atoms with van der Waals surface area (Å²) in [6.07, 6.45) is 0. The van der Waals surface area contributed by atoms with E-state index in [2.05, 4.69) is 9.47 Å². The number of carboxylic acids is 2. The maximum atomic E-state index is 9.36. The first-order valence-corrected chi connectivity index (χ1v) is 2.92. The third kappa shape index (κ3) is 33.7. The summed E-state index contributed by atoms with van der Waals surface area (Å²) >= 11 is 0. The van der Waals surface area contributed by atoms with Crippen LogP contribution in [0, 0.1) is 0 Å². The van der Waals surface area contributed by atoms with Crippen molar-refractivity contribution in [2.75, 3.05) is 27.4 Å². The van der Waals surface area contributed by atoms with Crippen LogP contribution in [0.2, 0.25) is 0 Å². The number of hydrogen-bond donors (Lipinski definition) is 0. The SMILES string of the molecule is COCC(=O)[O-].COCC(=O)[O-].[Pb+2]. The van der Waals surface area contributed by atoms with Crippen LogP contribution in [0.15, 0.2) is 0 Å². The van der Waals surface area contributed by atoms with E-state index in [4.69, 9.17) is 0 Å². The molecular formula is C6H10O6Pb. The summed E-state index contributed by atoms with van der Waals surface area (Å²) in [6.45, 7) is -0.639. The molecule has 0 unspecified atom stereocenters. The first-order valence-electron chi connectivity index (χ1n) is 2.92. The minimum atomic E-state index is -1.18. The van der Waals surface area contributed by atoms with Gasteiger partial charge in [0.1, 0.15) is 0 Å². The molecule has 0 bridgehead atoms. The van der Waals surface area contributed by atoms with Gasteiger partial charge in [0.05, 0.1) is 25.2 Å². The normalized spacial score (nSPS) is 7.54. The van der Waals surface area contributed by atoms with Crippen LogP contribution in [-0.4, -0.2) is 66.7 Å². The van der Waals surface area contributed by atoms with E-state index in [-0.39, 0.29) is 40.5 Å². The molecule has 0 saturated carbocycles. The molecule has 0 rings (SSSR count). The number of carbonyl (C=O) groups excluding carboxylic acids is 2. The molecule has 0 spiro atoms. The Morgan fingerprint density at radius 3 is 1.23 bits per heavy atom. The van der Waals surface area contributed by atoms with Crippen molar-refractivity contribution in [1.29, 1.82) is 0 Å². The molecule has 74 valence electrons. The minimum Gasteiger partial charge on any atom is -0.548 e. The van der Waals surface area contributed by atoms with E-state index in [0.29, 0.717) is 0 Å². The first-order chi connectivity index (χ1) is 5.54. The van der Waals surface area contributed by atoms with Crippen molar-refractivity contribution in [3.63, 3.8) is 0 Å². The van der Waals surface area contributed by atoms with Gasteiger partial charge in [-0.2, -0.15) is 0 Å². The third-order valence-corrected chi connectivity index (χ3v) is 0.524. The van der Waals surface area contributed by atoms with Crippen LogP contribution in [0.3, 0.4) is 0 Å². The van der Waals surface area contributed by atoms with Crippen LogP contribution in [0.4, 0.5) is 0 Å². The fraction of sp³-hybridized carbons (Fsp3) is 0.667. The Morgan fingerprint density at radius 2 is 1.23 bits per heavy atom. The Morgan fingerprint density at radius 1 is 1.00 bits per heavy atom. The summed E-state index contributed by atoms with van der Waals surface area (Å²) in [5, 5.41) is 18.7. The zero-order valence-electron chi connectivity index (χ0n) is 7.36.